The minimum absolute atomic E-state index is 0.0941. The van der Waals surface area contributed by atoms with E-state index in [0.29, 0.717) is 17.3 Å². The van der Waals surface area contributed by atoms with Gasteiger partial charge in [0.1, 0.15) is 0 Å². The third kappa shape index (κ3) is 3.96. The average Bonchev–Trinajstić information content (AvgIpc) is 3.31. The topological polar surface area (TPSA) is 85.6 Å². The molecule has 0 spiro atoms. The van der Waals surface area contributed by atoms with Crippen LogP contribution in [0.1, 0.15) is 22.8 Å². The third-order valence-electron chi connectivity index (χ3n) is 4.40. The summed E-state index contributed by atoms with van der Waals surface area (Å²) in [4.78, 5) is 24.8. The zero-order chi connectivity index (χ0) is 20.4. The number of para-hydroxylation sites is 1. The van der Waals surface area contributed by atoms with Crippen LogP contribution in [0.5, 0.6) is 0 Å². The molecule has 0 saturated heterocycles. The number of methoxy groups -OCH3 is 1. The molecule has 7 nitrogen and oxygen atoms in total. The van der Waals surface area contributed by atoms with Gasteiger partial charge in [-0.2, -0.15) is 0 Å². The number of aromatic nitrogens is 3. The zero-order valence-corrected chi connectivity index (χ0v) is 17.4. The lowest BCUT2D eigenvalue weighted by atomic mass is 10.1. The summed E-state index contributed by atoms with van der Waals surface area (Å²) in [6, 6.07) is 15.0. The molecule has 0 aliphatic carbocycles. The van der Waals surface area contributed by atoms with Crippen LogP contribution in [-0.4, -0.2) is 38.8 Å². The Balaban J connectivity index is 1.41. The molecule has 0 saturated carbocycles. The number of nitrogens with one attached hydrogen (secondary N) is 1. The first-order valence-corrected chi connectivity index (χ1v) is 10.6. The molecule has 0 aliphatic heterocycles. The van der Waals surface area contributed by atoms with Crippen LogP contribution in [0.25, 0.3) is 15.2 Å². The van der Waals surface area contributed by atoms with E-state index < -0.39 is 0 Å². The minimum atomic E-state index is -0.383. The first-order chi connectivity index (χ1) is 14.1. The molecular weight excluding hydrogens is 408 g/mol. The number of rotatable bonds is 6. The molecule has 2 aromatic carbocycles. The van der Waals surface area contributed by atoms with Crippen molar-refractivity contribution in [2.45, 2.75) is 23.9 Å². The molecule has 0 bridgehead atoms. The number of carbonyl (C=O) groups is 2. The molecule has 4 aromatic rings. The summed E-state index contributed by atoms with van der Waals surface area (Å²) >= 11 is 2.95. The first kappa shape index (κ1) is 19.4. The summed E-state index contributed by atoms with van der Waals surface area (Å²) in [6.45, 7) is 2.22. The molecule has 0 radical (unpaired) electrons. The molecule has 4 rings (SSSR count). The number of thiazole rings is 1. The molecule has 2 heterocycles. The molecule has 9 heteroatoms. The van der Waals surface area contributed by atoms with Crippen LogP contribution >= 0.6 is 23.1 Å². The number of carbonyl (C=O) groups excluding carboxylic acids is 2. The van der Waals surface area contributed by atoms with E-state index in [4.69, 9.17) is 0 Å². The molecule has 1 N–H and O–H groups in total. The van der Waals surface area contributed by atoms with Crippen LogP contribution < -0.4 is 5.32 Å². The van der Waals surface area contributed by atoms with Crippen molar-refractivity contribution in [1.29, 1.82) is 0 Å². The number of esters is 1. The Morgan fingerprint density at radius 1 is 1.17 bits per heavy atom. The number of nitrogens with zero attached hydrogens (tertiary/aromatic N) is 3. The van der Waals surface area contributed by atoms with Gasteiger partial charge in [-0.15, -0.1) is 10.2 Å². The Morgan fingerprint density at radius 2 is 1.93 bits per heavy atom. The van der Waals surface area contributed by atoms with Gasteiger partial charge in [0.05, 0.1) is 28.1 Å². The van der Waals surface area contributed by atoms with Gasteiger partial charge in [0.2, 0.25) is 10.9 Å². The van der Waals surface area contributed by atoms with E-state index in [1.54, 1.807) is 35.6 Å². The maximum absolute atomic E-state index is 12.5. The van der Waals surface area contributed by atoms with Crippen LogP contribution in [0.15, 0.2) is 53.7 Å². The predicted molar refractivity (Wildman–Crippen MR) is 113 cm³/mol. The van der Waals surface area contributed by atoms with Gasteiger partial charge >= 0.3 is 5.97 Å². The number of hydrogen-bond donors (Lipinski definition) is 1. The lowest BCUT2D eigenvalue weighted by molar-refractivity contribution is -0.120. The summed E-state index contributed by atoms with van der Waals surface area (Å²) in [5, 5.41) is 11.8. The summed E-state index contributed by atoms with van der Waals surface area (Å²) < 4.78 is 7.80. The Morgan fingerprint density at radius 3 is 2.69 bits per heavy atom. The van der Waals surface area contributed by atoms with Crippen LogP contribution in [0.3, 0.4) is 0 Å². The number of amides is 1. The first-order valence-electron chi connectivity index (χ1n) is 8.91. The maximum atomic E-state index is 12.5. The summed E-state index contributed by atoms with van der Waals surface area (Å²) in [5.74, 6) is -0.477. The van der Waals surface area contributed by atoms with Crippen molar-refractivity contribution in [2.24, 2.45) is 0 Å². The highest BCUT2D eigenvalue weighted by Crippen LogP contribution is 2.31. The summed E-state index contributed by atoms with van der Waals surface area (Å²) in [7, 11) is 1.34. The van der Waals surface area contributed by atoms with E-state index in [2.05, 4.69) is 20.3 Å². The molecule has 29 heavy (non-hydrogen) atoms. The quantitative estimate of drug-likeness (QED) is 0.375. The lowest BCUT2D eigenvalue weighted by Crippen LogP contribution is -2.30. The van der Waals surface area contributed by atoms with E-state index in [1.165, 1.54) is 18.9 Å². The fourth-order valence-electron chi connectivity index (χ4n) is 2.85. The molecule has 148 valence electrons. The van der Waals surface area contributed by atoms with Gasteiger partial charge in [0, 0.05) is 6.54 Å². The second-order valence-corrected chi connectivity index (χ2v) is 8.65. The molecule has 0 aliphatic rings. The SMILES string of the molecule is COC(=O)c1ccc(CNC(=O)[C@H](C)Sc2nnc3sc4ccccc4n23)cc1. The van der Waals surface area contributed by atoms with Crippen LogP contribution in [0.4, 0.5) is 0 Å². The van der Waals surface area contributed by atoms with Gasteiger partial charge in [0.25, 0.3) is 0 Å². The van der Waals surface area contributed by atoms with Crippen molar-refractivity contribution in [2.75, 3.05) is 7.11 Å². The number of thioether (sulfide) groups is 1. The number of benzene rings is 2. The van der Waals surface area contributed by atoms with Gasteiger partial charge in [-0.05, 0) is 36.8 Å². The summed E-state index contributed by atoms with van der Waals surface area (Å²) in [6.07, 6.45) is 0. The maximum Gasteiger partial charge on any atom is 0.337 e. The Kier molecular flexibility index (Phi) is 5.50. The minimum Gasteiger partial charge on any atom is -0.465 e. The normalized spacial score (nSPS) is 12.2. The van der Waals surface area contributed by atoms with Crippen LogP contribution in [0.2, 0.25) is 0 Å². The van der Waals surface area contributed by atoms with Crippen LogP contribution in [-0.2, 0) is 16.1 Å². The highest BCUT2D eigenvalue weighted by molar-refractivity contribution is 8.00. The predicted octanol–water partition coefficient (Wildman–Crippen LogP) is 3.53. The van der Waals surface area contributed by atoms with Crippen molar-refractivity contribution >= 4 is 50.2 Å². The van der Waals surface area contributed by atoms with E-state index in [-0.39, 0.29) is 17.1 Å². The third-order valence-corrected chi connectivity index (χ3v) is 6.46. The average molecular weight is 427 g/mol. The number of ether oxygens (including phenoxy) is 1. The largest absolute Gasteiger partial charge is 0.465 e. The summed E-state index contributed by atoms with van der Waals surface area (Å²) in [5.41, 5.74) is 2.42. The van der Waals surface area contributed by atoms with Gasteiger partial charge in [-0.25, -0.2) is 4.79 Å². The van der Waals surface area contributed by atoms with Gasteiger partial charge < -0.3 is 10.1 Å². The van der Waals surface area contributed by atoms with Crippen molar-refractivity contribution in [3.05, 3.63) is 59.7 Å². The Hall–Kier alpha value is -2.91. The van der Waals surface area contributed by atoms with E-state index in [1.807, 2.05) is 35.6 Å². The smallest absolute Gasteiger partial charge is 0.337 e. The van der Waals surface area contributed by atoms with Crippen molar-refractivity contribution in [3.63, 3.8) is 0 Å². The fourth-order valence-corrected chi connectivity index (χ4v) is 4.76. The second kappa shape index (κ2) is 8.22. The van der Waals surface area contributed by atoms with Crippen molar-refractivity contribution in [3.8, 4) is 0 Å². The van der Waals surface area contributed by atoms with Gasteiger partial charge in [-0.1, -0.05) is 47.4 Å². The van der Waals surface area contributed by atoms with E-state index in [0.717, 1.165) is 20.7 Å². The highest BCUT2D eigenvalue weighted by Gasteiger charge is 2.20. The van der Waals surface area contributed by atoms with Crippen LogP contribution in [0, 0.1) is 0 Å². The van der Waals surface area contributed by atoms with E-state index >= 15 is 0 Å². The number of fused-ring (bicyclic) bond motifs is 3. The molecule has 0 unspecified atom stereocenters. The molecule has 0 fully saturated rings. The molecule has 2 aromatic heterocycles. The zero-order valence-electron chi connectivity index (χ0n) is 15.8. The molecular formula is C20H18N4O3S2. The Bertz CT molecular complexity index is 1180. The highest BCUT2D eigenvalue weighted by atomic mass is 32.2. The molecule has 1 amide bonds. The second-order valence-electron chi connectivity index (χ2n) is 6.34. The van der Waals surface area contributed by atoms with Crippen molar-refractivity contribution < 1.29 is 14.3 Å². The van der Waals surface area contributed by atoms with Gasteiger partial charge in [0.15, 0.2) is 5.16 Å². The molecule has 1 atom stereocenters. The van der Waals surface area contributed by atoms with E-state index in [9.17, 15) is 9.59 Å². The standard InChI is InChI=1S/C20H18N4O3S2/c1-12(17(25)21-11-13-7-9-14(10-8-13)18(26)27-2)28-19-22-23-20-24(19)15-5-3-4-6-16(15)29-20/h3-10,12H,11H2,1-2H3,(H,21,25)/t12-/m0/s1. The number of hydrogen-bond acceptors (Lipinski definition) is 7. The van der Waals surface area contributed by atoms with Gasteiger partial charge in [-0.3, -0.25) is 9.20 Å². The Labute approximate surface area is 175 Å². The lowest BCUT2D eigenvalue weighted by Gasteiger charge is -2.11. The fraction of sp³-hybridized carbons (Fsp3) is 0.200. The monoisotopic (exact) mass is 426 g/mol. The van der Waals surface area contributed by atoms with Crippen molar-refractivity contribution in [1.82, 2.24) is 19.9 Å².